The van der Waals surface area contributed by atoms with Crippen LogP contribution in [0.1, 0.15) is 29.3 Å². The van der Waals surface area contributed by atoms with Crippen molar-refractivity contribution < 1.29 is 19.1 Å². The van der Waals surface area contributed by atoms with E-state index in [0.29, 0.717) is 29.3 Å². The summed E-state index contributed by atoms with van der Waals surface area (Å²) in [5.74, 6) is 0.627. The van der Waals surface area contributed by atoms with Gasteiger partial charge in [0.15, 0.2) is 11.5 Å². The van der Waals surface area contributed by atoms with Gasteiger partial charge in [-0.05, 0) is 48.4 Å². The van der Waals surface area contributed by atoms with Gasteiger partial charge in [-0.3, -0.25) is 9.59 Å². The molecule has 7 heteroatoms. The number of nitrogens with one attached hydrogen (secondary N) is 2. The van der Waals surface area contributed by atoms with E-state index in [9.17, 15) is 9.59 Å². The summed E-state index contributed by atoms with van der Waals surface area (Å²) in [5.41, 5.74) is 1.65. The van der Waals surface area contributed by atoms with E-state index in [4.69, 9.17) is 21.1 Å². The first kappa shape index (κ1) is 21.3. The second-order valence-electron chi connectivity index (χ2n) is 5.89. The van der Waals surface area contributed by atoms with Crippen LogP contribution in [0.15, 0.2) is 42.5 Å². The maximum atomic E-state index is 12.2. The van der Waals surface area contributed by atoms with Crippen molar-refractivity contribution in [2.45, 2.75) is 13.3 Å². The van der Waals surface area contributed by atoms with Gasteiger partial charge in [-0.15, -0.1) is 0 Å². The van der Waals surface area contributed by atoms with Gasteiger partial charge in [-0.2, -0.15) is 0 Å². The third-order valence-electron chi connectivity index (χ3n) is 3.85. The van der Waals surface area contributed by atoms with Crippen LogP contribution in [0.25, 0.3) is 6.08 Å². The lowest BCUT2D eigenvalue weighted by molar-refractivity contribution is -0.111. The van der Waals surface area contributed by atoms with Gasteiger partial charge in [-0.25, -0.2) is 0 Å². The lowest BCUT2D eigenvalue weighted by Crippen LogP contribution is -2.24. The summed E-state index contributed by atoms with van der Waals surface area (Å²) in [6.07, 6.45) is 3.90. The van der Waals surface area contributed by atoms with E-state index in [2.05, 4.69) is 10.6 Å². The number of carbonyl (C=O) groups excluding carboxylic acids is 2. The quantitative estimate of drug-likeness (QED) is 0.650. The Morgan fingerprint density at radius 3 is 2.46 bits per heavy atom. The average molecular weight is 403 g/mol. The fourth-order valence-corrected chi connectivity index (χ4v) is 2.69. The van der Waals surface area contributed by atoms with Crippen LogP contribution < -0.4 is 20.1 Å². The maximum Gasteiger partial charge on any atom is 0.252 e. The minimum absolute atomic E-state index is 0.238. The molecule has 148 valence electrons. The van der Waals surface area contributed by atoms with Crippen LogP contribution >= 0.6 is 11.6 Å². The zero-order chi connectivity index (χ0) is 20.5. The second kappa shape index (κ2) is 10.4. The van der Waals surface area contributed by atoms with Crippen molar-refractivity contribution >= 4 is 35.2 Å². The van der Waals surface area contributed by atoms with Gasteiger partial charge < -0.3 is 20.1 Å². The van der Waals surface area contributed by atoms with Crippen molar-refractivity contribution in [2.24, 2.45) is 0 Å². The van der Waals surface area contributed by atoms with Crippen LogP contribution in [0.5, 0.6) is 11.5 Å². The number of hydrogen-bond donors (Lipinski definition) is 2. The number of amides is 2. The molecule has 0 aromatic heterocycles. The van der Waals surface area contributed by atoms with E-state index >= 15 is 0 Å². The van der Waals surface area contributed by atoms with Gasteiger partial charge in [0.25, 0.3) is 5.91 Å². The van der Waals surface area contributed by atoms with E-state index in [1.54, 1.807) is 50.6 Å². The van der Waals surface area contributed by atoms with Crippen LogP contribution in [-0.4, -0.2) is 32.6 Å². The minimum atomic E-state index is -0.325. The Hall–Kier alpha value is -2.99. The first-order chi connectivity index (χ1) is 13.5. The highest BCUT2D eigenvalue weighted by Crippen LogP contribution is 2.28. The molecule has 0 aliphatic carbocycles. The molecule has 0 spiro atoms. The van der Waals surface area contributed by atoms with Gasteiger partial charge in [0.1, 0.15) is 0 Å². The number of benzene rings is 2. The zero-order valence-electron chi connectivity index (χ0n) is 16.0. The fourth-order valence-electron chi connectivity index (χ4n) is 2.42. The summed E-state index contributed by atoms with van der Waals surface area (Å²) in [6, 6.07) is 10.1. The average Bonchev–Trinajstić information content (AvgIpc) is 2.70. The Bertz CT molecular complexity index is 881. The summed E-state index contributed by atoms with van der Waals surface area (Å²) in [7, 11) is 3.11. The number of halogens is 1. The topological polar surface area (TPSA) is 76.7 Å². The van der Waals surface area contributed by atoms with Crippen LogP contribution in [-0.2, 0) is 4.79 Å². The van der Waals surface area contributed by atoms with Crippen molar-refractivity contribution in [3.63, 3.8) is 0 Å². The number of anilines is 1. The third kappa shape index (κ3) is 5.76. The molecule has 2 aromatic carbocycles. The van der Waals surface area contributed by atoms with Crippen LogP contribution in [0.4, 0.5) is 5.69 Å². The van der Waals surface area contributed by atoms with Crippen molar-refractivity contribution in [2.75, 3.05) is 26.1 Å². The monoisotopic (exact) mass is 402 g/mol. The molecule has 0 aliphatic rings. The Morgan fingerprint density at radius 2 is 1.82 bits per heavy atom. The first-order valence-electron chi connectivity index (χ1n) is 8.77. The van der Waals surface area contributed by atoms with Crippen molar-refractivity contribution in [1.29, 1.82) is 0 Å². The van der Waals surface area contributed by atoms with Gasteiger partial charge in [-0.1, -0.05) is 24.6 Å². The van der Waals surface area contributed by atoms with E-state index in [1.165, 1.54) is 6.08 Å². The van der Waals surface area contributed by atoms with Crippen molar-refractivity contribution in [1.82, 2.24) is 5.32 Å². The zero-order valence-corrected chi connectivity index (χ0v) is 16.8. The molecule has 0 aliphatic heterocycles. The highest BCUT2D eigenvalue weighted by molar-refractivity contribution is 6.34. The maximum absolute atomic E-state index is 12.2. The lowest BCUT2D eigenvalue weighted by Gasteiger charge is -2.08. The van der Waals surface area contributed by atoms with Gasteiger partial charge in [0, 0.05) is 18.3 Å². The molecule has 0 saturated heterocycles. The Kier molecular flexibility index (Phi) is 7.89. The largest absolute Gasteiger partial charge is 0.493 e. The summed E-state index contributed by atoms with van der Waals surface area (Å²) >= 11 is 6.17. The van der Waals surface area contributed by atoms with Crippen LogP contribution in [0.2, 0.25) is 5.02 Å². The first-order valence-corrected chi connectivity index (χ1v) is 9.15. The molecule has 2 N–H and O–H groups in total. The highest BCUT2D eigenvalue weighted by atomic mass is 35.5. The number of rotatable bonds is 8. The van der Waals surface area contributed by atoms with E-state index in [1.807, 2.05) is 13.0 Å². The summed E-state index contributed by atoms with van der Waals surface area (Å²) in [5, 5.41) is 5.75. The second-order valence-corrected chi connectivity index (χ2v) is 6.29. The normalized spacial score (nSPS) is 10.6. The fraction of sp³-hybridized carbons (Fsp3) is 0.238. The molecule has 0 saturated carbocycles. The van der Waals surface area contributed by atoms with Crippen molar-refractivity contribution in [3.8, 4) is 11.5 Å². The molecule has 2 amide bonds. The smallest absolute Gasteiger partial charge is 0.252 e. The Labute approximate surface area is 169 Å². The molecule has 0 fully saturated rings. The molecule has 0 heterocycles. The van der Waals surface area contributed by atoms with E-state index in [-0.39, 0.29) is 16.8 Å². The molecule has 0 atom stereocenters. The summed E-state index contributed by atoms with van der Waals surface area (Å²) in [4.78, 5) is 24.2. The van der Waals surface area contributed by atoms with E-state index < -0.39 is 0 Å². The molecule has 6 nitrogen and oxygen atoms in total. The molecule has 0 unspecified atom stereocenters. The standard InChI is InChI=1S/C21H23ClN2O4/c1-4-11-23-21(26)16-8-7-15(13-17(16)22)24-20(25)10-6-14-5-9-18(27-2)19(12-14)28-3/h5-10,12-13H,4,11H2,1-3H3,(H,23,26)(H,24,25)/b10-6+. The highest BCUT2D eigenvalue weighted by Gasteiger charge is 2.11. The number of hydrogen-bond acceptors (Lipinski definition) is 4. The number of methoxy groups -OCH3 is 2. The summed E-state index contributed by atoms with van der Waals surface area (Å²) in [6.45, 7) is 2.55. The van der Waals surface area contributed by atoms with Crippen LogP contribution in [0.3, 0.4) is 0 Å². The molecule has 2 rings (SSSR count). The molecule has 28 heavy (non-hydrogen) atoms. The van der Waals surface area contributed by atoms with Crippen molar-refractivity contribution in [3.05, 3.63) is 58.6 Å². The minimum Gasteiger partial charge on any atom is -0.493 e. The number of carbonyl (C=O) groups is 2. The van der Waals surface area contributed by atoms with Gasteiger partial charge in [0.2, 0.25) is 5.91 Å². The van der Waals surface area contributed by atoms with Gasteiger partial charge >= 0.3 is 0 Å². The van der Waals surface area contributed by atoms with E-state index in [0.717, 1.165) is 12.0 Å². The molecule has 0 radical (unpaired) electrons. The van der Waals surface area contributed by atoms with Crippen LogP contribution in [0, 0.1) is 0 Å². The third-order valence-corrected chi connectivity index (χ3v) is 4.16. The SMILES string of the molecule is CCCNC(=O)c1ccc(NC(=O)/C=C/c2ccc(OC)c(OC)c2)cc1Cl. The van der Waals surface area contributed by atoms with Gasteiger partial charge in [0.05, 0.1) is 24.8 Å². The Balaban J connectivity index is 2.04. The predicted octanol–water partition coefficient (Wildman–Crippen LogP) is 4.15. The number of ether oxygens (including phenoxy) is 2. The Morgan fingerprint density at radius 1 is 1.07 bits per heavy atom. The predicted molar refractivity (Wildman–Crippen MR) is 111 cm³/mol. The molecule has 2 aromatic rings. The molecular formula is C21H23ClN2O4. The molecular weight excluding hydrogens is 380 g/mol. The summed E-state index contributed by atoms with van der Waals surface area (Å²) < 4.78 is 10.4. The molecule has 0 bridgehead atoms. The lowest BCUT2D eigenvalue weighted by atomic mass is 10.1.